The number of carbonyl (C=O) groups excluding carboxylic acids is 1. The van der Waals surface area contributed by atoms with Gasteiger partial charge in [-0.25, -0.2) is 0 Å². The van der Waals surface area contributed by atoms with E-state index in [-0.39, 0.29) is 11.9 Å². The summed E-state index contributed by atoms with van der Waals surface area (Å²) in [5.41, 5.74) is 6.49. The van der Waals surface area contributed by atoms with E-state index < -0.39 is 0 Å². The molecule has 0 bridgehead atoms. The molecule has 1 unspecified atom stereocenters. The second kappa shape index (κ2) is 4.33. The first-order valence-electron chi connectivity index (χ1n) is 5.23. The quantitative estimate of drug-likeness (QED) is 0.843. The molecule has 0 spiro atoms. The summed E-state index contributed by atoms with van der Waals surface area (Å²) in [6.45, 7) is 0.567. The molecule has 2 rings (SSSR count). The summed E-state index contributed by atoms with van der Waals surface area (Å²) < 4.78 is 0. The lowest BCUT2D eigenvalue weighted by Crippen LogP contribution is -2.43. The van der Waals surface area contributed by atoms with Gasteiger partial charge in [-0.1, -0.05) is 0 Å². The van der Waals surface area contributed by atoms with Gasteiger partial charge in [-0.2, -0.15) is 11.3 Å². The smallest absolute Gasteiger partial charge is 0.254 e. The van der Waals surface area contributed by atoms with Crippen LogP contribution in [0.3, 0.4) is 0 Å². The van der Waals surface area contributed by atoms with E-state index in [1.165, 1.54) is 12.8 Å². The van der Waals surface area contributed by atoms with Crippen LogP contribution in [0, 0.1) is 5.92 Å². The average molecular weight is 224 g/mol. The highest BCUT2D eigenvalue weighted by Gasteiger charge is 2.34. The van der Waals surface area contributed by atoms with E-state index in [1.807, 2.05) is 23.9 Å². The molecule has 0 aromatic carbocycles. The molecule has 1 heterocycles. The molecule has 0 radical (unpaired) electrons. The second-order valence-corrected chi connectivity index (χ2v) is 4.85. The van der Waals surface area contributed by atoms with Crippen LogP contribution >= 0.6 is 11.3 Å². The average Bonchev–Trinajstić information content (AvgIpc) is 2.93. The number of likely N-dealkylation sites (N-methyl/N-ethyl adjacent to an activating group) is 1. The number of carbonyl (C=O) groups is 1. The van der Waals surface area contributed by atoms with Crippen molar-refractivity contribution >= 4 is 17.2 Å². The molecule has 1 aromatic heterocycles. The van der Waals surface area contributed by atoms with Crippen molar-refractivity contribution in [2.45, 2.75) is 18.9 Å². The fraction of sp³-hybridized carbons (Fsp3) is 0.545. The van der Waals surface area contributed by atoms with E-state index in [1.54, 1.807) is 16.2 Å². The molecule has 3 nitrogen and oxygen atoms in total. The molecule has 1 aliphatic rings. The zero-order valence-electron chi connectivity index (χ0n) is 8.85. The molecule has 1 amide bonds. The maximum atomic E-state index is 12.0. The summed E-state index contributed by atoms with van der Waals surface area (Å²) in [5.74, 6) is 0.723. The molecule has 1 aliphatic carbocycles. The van der Waals surface area contributed by atoms with Crippen molar-refractivity contribution in [2.75, 3.05) is 13.6 Å². The van der Waals surface area contributed by atoms with Gasteiger partial charge in [-0.05, 0) is 30.2 Å². The number of thiophene rings is 1. The molecule has 2 N–H and O–H groups in total. The van der Waals surface area contributed by atoms with E-state index in [0.717, 1.165) is 5.56 Å². The third-order valence-electron chi connectivity index (χ3n) is 2.99. The number of rotatable bonds is 4. The van der Waals surface area contributed by atoms with Gasteiger partial charge >= 0.3 is 0 Å². The van der Waals surface area contributed by atoms with Crippen molar-refractivity contribution in [2.24, 2.45) is 11.7 Å². The van der Waals surface area contributed by atoms with Crippen LogP contribution in [0.1, 0.15) is 23.2 Å². The SMILES string of the molecule is CN(C(=O)c1ccsc1)C(CN)C1CC1. The van der Waals surface area contributed by atoms with E-state index in [2.05, 4.69) is 0 Å². The monoisotopic (exact) mass is 224 g/mol. The number of nitrogens with zero attached hydrogens (tertiary/aromatic N) is 1. The van der Waals surface area contributed by atoms with Crippen molar-refractivity contribution < 1.29 is 4.79 Å². The van der Waals surface area contributed by atoms with E-state index in [9.17, 15) is 4.79 Å². The van der Waals surface area contributed by atoms with Crippen molar-refractivity contribution in [3.05, 3.63) is 22.4 Å². The molecule has 0 saturated heterocycles. The summed E-state index contributed by atoms with van der Waals surface area (Å²) in [6, 6.07) is 2.08. The molecule has 1 atom stereocenters. The van der Waals surface area contributed by atoms with Crippen LogP contribution in [0.15, 0.2) is 16.8 Å². The molecule has 82 valence electrons. The minimum absolute atomic E-state index is 0.0959. The Morgan fingerprint density at radius 1 is 1.73 bits per heavy atom. The Hall–Kier alpha value is -0.870. The van der Waals surface area contributed by atoms with Gasteiger partial charge in [0.25, 0.3) is 5.91 Å². The van der Waals surface area contributed by atoms with Gasteiger partial charge in [0, 0.05) is 25.0 Å². The Morgan fingerprint density at radius 2 is 2.47 bits per heavy atom. The van der Waals surface area contributed by atoms with Crippen molar-refractivity contribution in [3.63, 3.8) is 0 Å². The minimum atomic E-state index is 0.0959. The van der Waals surface area contributed by atoms with Crippen molar-refractivity contribution in [3.8, 4) is 0 Å². The van der Waals surface area contributed by atoms with Crippen molar-refractivity contribution in [1.82, 2.24) is 4.90 Å². The fourth-order valence-corrected chi connectivity index (χ4v) is 2.52. The Kier molecular flexibility index (Phi) is 3.07. The molecule has 1 saturated carbocycles. The number of hydrogen-bond donors (Lipinski definition) is 1. The normalized spacial score (nSPS) is 17.5. The summed E-state index contributed by atoms with van der Waals surface area (Å²) in [4.78, 5) is 13.8. The maximum absolute atomic E-state index is 12.0. The summed E-state index contributed by atoms with van der Waals surface area (Å²) in [6.07, 6.45) is 2.42. The molecule has 1 fully saturated rings. The third kappa shape index (κ3) is 2.21. The standard InChI is InChI=1S/C11H16N2OS/c1-13(10(6-12)8-2-3-8)11(14)9-4-5-15-7-9/h4-5,7-8,10H,2-3,6,12H2,1H3. The predicted molar refractivity (Wildman–Crippen MR) is 62.0 cm³/mol. The summed E-state index contributed by atoms with van der Waals surface area (Å²) in [5, 5.41) is 3.81. The van der Waals surface area contributed by atoms with Gasteiger partial charge in [-0.3, -0.25) is 4.79 Å². The van der Waals surface area contributed by atoms with Crippen LogP contribution in [-0.2, 0) is 0 Å². The predicted octanol–water partition coefficient (Wildman–Crippen LogP) is 1.56. The van der Waals surface area contributed by atoms with E-state index in [4.69, 9.17) is 5.73 Å². The van der Waals surface area contributed by atoms with Crippen LogP contribution in [0.25, 0.3) is 0 Å². The molecule has 4 heteroatoms. The first kappa shape index (κ1) is 10.6. The largest absolute Gasteiger partial charge is 0.337 e. The van der Waals surface area contributed by atoms with Gasteiger partial charge in [0.15, 0.2) is 0 Å². The van der Waals surface area contributed by atoms with Gasteiger partial charge in [0.2, 0.25) is 0 Å². The zero-order valence-corrected chi connectivity index (χ0v) is 9.67. The van der Waals surface area contributed by atoms with E-state index in [0.29, 0.717) is 12.5 Å². The van der Waals surface area contributed by atoms with Crippen LogP contribution < -0.4 is 5.73 Å². The lowest BCUT2D eigenvalue weighted by atomic mass is 10.1. The lowest BCUT2D eigenvalue weighted by molar-refractivity contribution is 0.0719. The number of amides is 1. The lowest BCUT2D eigenvalue weighted by Gasteiger charge is -2.26. The Balaban J connectivity index is 2.05. The third-order valence-corrected chi connectivity index (χ3v) is 3.68. The highest BCUT2D eigenvalue weighted by Crippen LogP contribution is 2.34. The fourth-order valence-electron chi connectivity index (χ4n) is 1.89. The highest BCUT2D eigenvalue weighted by molar-refractivity contribution is 7.08. The van der Waals surface area contributed by atoms with Gasteiger partial charge in [-0.15, -0.1) is 0 Å². The van der Waals surface area contributed by atoms with E-state index >= 15 is 0 Å². The van der Waals surface area contributed by atoms with Gasteiger partial charge in [0.05, 0.1) is 5.56 Å². The van der Waals surface area contributed by atoms with Crippen LogP contribution in [0.2, 0.25) is 0 Å². The van der Waals surface area contributed by atoms with Gasteiger partial charge in [0.1, 0.15) is 0 Å². The second-order valence-electron chi connectivity index (χ2n) is 4.07. The Labute approximate surface area is 93.9 Å². The molecular weight excluding hydrogens is 208 g/mol. The molecule has 0 aliphatic heterocycles. The number of hydrogen-bond acceptors (Lipinski definition) is 3. The van der Waals surface area contributed by atoms with Crippen LogP contribution in [0.5, 0.6) is 0 Å². The molecular formula is C11H16N2OS. The Morgan fingerprint density at radius 3 is 2.93 bits per heavy atom. The zero-order chi connectivity index (χ0) is 10.8. The molecule has 15 heavy (non-hydrogen) atoms. The van der Waals surface area contributed by atoms with Crippen LogP contribution in [0.4, 0.5) is 0 Å². The van der Waals surface area contributed by atoms with Crippen LogP contribution in [-0.4, -0.2) is 30.4 Å². The summed E-state index contributed by atoms with van der Waals surface area (Å²) in [7, 11) is 1.86. The Bertz CT molecular complexity index is 332. The number of nitrogens with two attached hydrogens (primary N) is 1. The highest BCUT2D eigenvalue weighted by atomic mass is 32.1. The first-order valence-corrected chi connectivity index (χ1v) is 6.17. The maximum Gasteiger partial charge on any atom is 0.254 e. The first-order chi connectivity index (χ1) is 7.24. The summed E-state index contributed by atoms with van der Waals surface area (Å²) >= 11 is 1.55. The van der Waals surface area contributed by atoms with Gasteiger partial charge < -0.3 is 10.6 Å². The topological polar surface area (TPSA) is 46.3 Å². The minimum Gasteiger partial charge on any atom is -0.337 e. The molecule has 1 aromatic rings. The van der Waals surface area contributed by atoms with Crippen molar-refractivity contribution in [1.29, 1.82) is 0 Å².